The minimum atomic E-state index is -0.231. The van der Waals surface area contributed by atoms with Gasteiger partial charge in [0.05, 0.1) is 17.4 Å². The maximum atomic E-state index is 12.6. The van der Waals surface area contributed by atoms with E-state index < -0.39 is 0 Å². The highest BCUT2D eigenvalue weighted by molar-refractivity contribution is 6.04. The second kappa shape index (κ2) is 8.71. The van der Waals surface area contributed by atoms with Crippen LogP contribution < -0.4 is 15.4 Å². The fourth-order valence-corrected chi connectivity index (χ4v) is 2.75. The van der Waals surface area contributed by atoms with Gasteiger partial charge in [-0.05, 0) is 54.6 Å². The molecule has 4 aromatic rings. The number of carbonyl (C=O) groups excluding carboxylic acids is 1. The summed E-state index contributed by atoms with van der Waals surface area (Å²) in [6.45, 7) is 0. The van der Waals surface area contributed by atoms with Gasteiger partial charge in [-0.15, -0.1) is 0 Å². The molecule has 3 aromatic carbocycles. The number of anilines is 3. The van der Waals surface area contributed by atoms with E-state index in [2.05, 4.69) is 15.6 Å². The van der Waals surface area contributed by atoms with Crippen molar-refractivity contribution < 1.29 is 9.53 Å². The first-order chi connectivity index (χ1) is 14.3. The molecule has 1 aromatic heterocycles. The van der Waals surface area contributed by atoms with E-state index in [9.17, 15) is 4.79 Å². The summed E-state index contributed by atoms with van der Waals surface area (Å²) >= 11 is 0. The predicted molar refractivity (Wildman–Crippen MR) is 115 cm³/mol. The summed E-state index contributed by atoms with van der Waals surface area (Å²) in [5, 5.41) is 6.11. The largest absolute Gasteiger partial charge is 0.457 e. The zero-order valence-electron chi connectivity index (χ0n) is 15.6. The molecule has 2 N–H and O–H groups in total. The summed E-state index contributed by atoms with van der Waals surface area (Å²) in [6, 6.07) is 28.3. The minimum absolute atomic E-state index is 0.231. The first kappa shape index (κ1) is 18.3. The number of nitrogens with one attached hydrogen (secondary N) is 2. The lowest BCUT2D eigenvalue weighted by molar-refractivity contribution is 0.102. The quantitative estimate of drug-likeness (QED) is 0.438. The third-order valence-electron chi connectivity index (χ3n) is 4.15. The monoisotopic (exact) mass is 381 g/mol. The second-order valence-electron chi connectivity index (χ2n) is 6.35. The van der Waals surface area contributed by atoms with Gasteiger partial charge in [0.15, 0.2) is 0 Å². The molecule has 0 aliphatic rings. The lowest BCUT2D eigenvalue weighted by Gasteiger charge is -2.10. The van der Waals surface area contributed by atoms with Crippen LogP contribution in [0.25, 0.3) is 0 Å². The topological polar surface area (TPSA) is 63.2 Å². The first-order valence-corrected chi connectivity index (χ1v) is 9.18. The lowest BCUT2D eigenvalue weighted by Crippen LogP contribution is -2.12. The van der Waals surface area contributed by atoms with Crippen LogP contribution in [0.4, 0.5) is 17.1 Å². The van der Waals surface area contributed by atoms with Crippen LogP contribution in [-0.4, -0.2) is 10.9 Å². The third-order valence-corrected chi connectivity index (χ3v) is 4.15. The molecule has 5 heteroatoms. The van der Waals surface area contributed by atoms with Gasteiger partial charge in [0.25, 0.3) is 5.91 Å². The van der Waals surface area contributed by atoms with Gasteiger partial charge in [-0.1, -0.05) is 36.4 Å². The van der Waals surface area contributed by atoms with Crippen LogP contribution >= 0.6 is 0 Å². The maximum absolute atomic E-state index is 12.6. The van der Waals surface area contributed by atoms with E-state index in [1.165, 1.54) is 0 Å². The maximum Gasteiger partial charge on any atom is 0.257 e. The molecule has 0 saturated carbocycles. The van der Waals surface area contributed by atoms with Crippen LogP contribution in [0, 0.1) is 0 Å². The molecule has 142 valence electrons. The molecular formula is C24H19N3O2. The Morgan fingerprint density at radius 1 is 0.690 bits per heavy atom. The van der Waals surface area contributed by atoms with Gasteiger partial charge >= 0.3 is 0 Å². The van der Waals surface area contributed by atoms with Gasteiger partial charge < -0.3 is 15.4 Å². The number of nitrogens with zero attached hydrogens (tertiary/aromatic N) is 1. The molecule has 5 nitrogen and oxygen atoms in total. The van der Waals surface area contributed by atoms with Crippen LogP contribution in [0.3, 0.4) is 0 Å². The molecule has 0 atom stereocenters. The number of carbonyl (C=O) groups is 1. The fourth-order valence-electron chi connectivity index (χ4n) is 2.75. The smallest absolute Gasteiger partial charge is 0.257 e. The van der Waals surface area contributed by atoms with E-state index in [4.69, 9.17) is 4.74 Å². The number of ether oxygens (including phenoxy) is 1. The van der Waals surface area contributed by atoms with Crippen molar-refractivity contribution in [3.63, 3.8) is 0 Å². The van der Waals surface area contributed by atoms with E-state index in [-0.39, 0.29) is 5.91 Å². The van der Waals surface area contributed by atoms with Crippen molar-refractivity contribution in [3.05, 3.63) is 109 Å². The van der Waals surface area contributed by atoms with Crippen LogP contribution in [-0.2, 0) is 0 Å². The van der Waals surface area contributed by atoms with Crippen LogP contribution in [0.15, 0.2) is 103 Å². The van der Waals surface area contributed by atoms with Crippen molar-refractivity contribution in [1.29, 1.82) is 0 Å². The summed E-state index contributed by atoms with van der Waals surface area (Å²) in [5.74, 6) is 1.23. The molecule has 0 radical (unpaired) electrons. The highest BCUT2D eigenvalue weighted by atomic mass is 16.5. The number of hydrogen-bond acceptors (Lipinski definition) is 4. The standard InChI is InChI=1S/C24H19N3O2/c28-24(18-15-21(17-25-16-18)26-19-7-3-1-4-8-19)27-20-11-13-23(14-12-20)29-22-9-5-2-6-10-22/h1-17,26H,(H,27,28). The minimum Gasteiger partial charge on any atom is -0.457 e. The first-order valence-electron chi connectivity index (χ1n) is 9.18. The van der Waals surface area contributed by atoms with E-state index in [0.29, 0.717) is 17.0 Å². The molecule has 0 unspecified atom stereocenters. The second-order valence-corrected chi connectivity index (χ2v) is 6.35. The Kier molecular flexibility index (Phi) is 5.48. The van der Waals surface area contributed by atoms with Gasteiger partial charge in [0, 0.05) is 17.6 Å². The Morgan fingerprint density at radius 2 is 1.34 bits per heavy atom. The Labute approximate surface area is 169 Å². The molecule has 0 aliphatic heterocycles. The number of benzene rings is 3. The molecule has 0 saturated heterocycles. The fraction of sp³-hybridized carbons (Fsp3) is 0. The van der Waals surface area contributed by atoms with Crippen molar-refractivity contribution >= 4 is 23.0 Å². The summed E-state index contributed by atoms with van der Waals surface area (Å²) < 4.78 is 5.76. The zero-order chi connectivity index (χ0) is 19.9. The number of pyridine rings is 1. The molecule has 0 fully saturated rings. The molecular weight excluding hydrogens is 362 g/mol. The van der Waals surface area contributed by atoms with Crippen molar-refractivity contribution in [2.24, 2.45) is 0 Å². The Bertz CT molecular complexity index is 1080. The molecule has 29 heavy (non-hydrogen) atoms. The van der Waals surface area contributed by atoms with E-state index in [1.807, 2.05) is 72.8 Å². The van der Waals surface area contributed by atoms with Crippen molar-refractivity contribution in [1.82, 2.24) is 4.98 Å². The normalized spacial score (nSPS) is 10.2. The number of amides is 1. The summed E-state index contributed by atoms with van der Waals surface area (Å²) in [7, 11) is 0. The number of para-hydroxylation sites is 2. The van der Waals surface area contributed by atoms with Crippen molar-refractivity contribution in [3.8, 4) is 11.5 Å². The number of hydrogen-bond donors (Lipinski definition) is 2. The van der Waals surface area contributed by atoms with E-state index in [1.54, 1.807) is 30.6 Å². The summed E-state index contributed by atoms with van der Waals surface area (Å²) in [5.41, 5.74) is 2.82. The van der Waals surface area contributed by atoms with Gasteiger partial charge in [-0.25, -0.2) is 0 Å². The average Bonchev–Trinajstić information content (AvgIpc) is 2.77. The molecule has 1 amide bonds. The van der Waals surface area contributed by atoms with Crippen molar-refractivity contribution in [2.45, 2.75) is 0 Å². The van der Waals surface area contributed by atoms with E-state index in [0.717, 1.165) is 17.1 Å². The predicted octanol–water partition coefficient (Wildman–Crippen LogP) is 5.87. The number of aromatic nitrogens is 1. The van der Waals surface area contributed by atoms with Crippen LogP contribution in [0.2, 0.25) is 0 Å². The van der Waals surface area contributed by atoms with Gasteiger partial charge in [0.1, 0.15) is 11.5 Å². The third kappa shape index (κ3) is 4.99. The number of rotatable bonds is 6. The van der Waals surface area contributed by atoms with Gasteiger partial charge in [-0.2, -0.15) is 0 Å². The van der Waals surface area contributed by atoms with Crippen LogP contribution in [0.1, 0.15) is 10.4 Å². The SMILES string of the molecule is O=C(Nc1ccc(Oc2ccccc2)cc1)c1cncc(Nc2ccccc2)c1. The summed E-state index contributed by atoms with van der Waals surface area (Å²) in [6.07, 6.45) is 3.22. The Hall–Kier alpha value is -4.12. The summed E-state index contributed by atoms with van der Waals surface area (Å²) in [4.78, 5) is 16.7. The zero-order valence-corrected chi connectivity index (χ0v) is 15.6. The molecule has 0 aliphatic carbocycles. The highest BCUT2D eigenvalue weighted by Crippen LogP contribution is 2.23. The van der Waals surface area contributed by atoms with Crippen LogP contribution in [0.5, 0.6) is 11.5 Å². The average molecular weight is 381 g/mol. The van der Waals surface area contributed by atoms with Crippen molar-refractivity contribution in [2.75, 3.05) is 10.6 Å². The van der Waals surface area contributed by atoms with E-state index >= 15 is 0 Å². The Balaban J connectivity index is 1.40. The lowest BCUT2D eigenvalue weighted by atomic mass is 10.2. The molecule has 4 rings (SSSR count). The molecule has 0 bridgehead atoms. The van der Waals surface area contributed by atoms with Gasteiger partial charge in [0.2, 0.25) is 0 Å². The van der Waals surface area contributed by atoms with Gasteiger partial charge in [-0.3, -0.25) is 9.78 Å². The highest BCUT2D eigenvalue weighted by Gasteiger charge is 2.08. The molecule has 0 spiro atoms. The Morgan fingerprint density at radius 3 is 2.07 bits per heavy atom. The molecule has 1 heterocycles.